The van der Waals surface area contributed by atoms with E-state index >= 15 is 0 Å². The second-order valence-electron chi connectivity index (χ2n) is 5.79. The van der Waals surface area contributed by atoms with E-state index in [0.717, 1.165) is 22.5 Å². The summed E-state index contributed by atoms with van der Waals surface area (Å²) >= 11 is 0. The summed E-state index contributed by atoms with van der Waals surface area (Å²) in [6.45, 7) is 4.31. The van der Waals surface area contributed by atoms with E-state index in [1.165, 1.54) is 5.56 Å². The predicted octanol–water partition coefficient (Wildman–Crippen LogP) is 3.58. The second-order valence-corrected chi connectivity index (χ2v) is 5.79. The molecule has 23 heavy (non-hydrogen) atoms. The molecule has 0 unspecified atom stereocenters. The van der Waals surface area contributed by atoms with Crippen molar-refractivity contribution in [2.45, 2.75) is 20.4 Å². The molecule has 0 aliphatic rings. The lowest BCUT2D eigenvalue weighted by Gasteiger charge is -2.15. The molecule has 3 rings (SSSR count). The lowest BCUT2D eigenvalue weighted by molar-refractivity contribution is 0.931. The fraction of sp³-hybridized carbons (Fsp3) is 0.150. The Morgan fingerprint density at radius 2 is 1.65 bits per heavy atom. The summed E-state index contributed by atoms with van der Waals surface area (Å²) in [5, 5.41) is 0. The van der Waals surface area contributed by atoms with E-state index < -0.39 is 0 Å². The molecule has 0 saturated heterocycles. The summed E-state index contributed by atoms with van der Waals surface area (Å²) in [4.78, 5) is 12.9. The van der Waals surface area contributed by atoms with Gasteiger partial charge < -0.3 is 5.73 Å². The Labute approximate surface area is 136 Å². The number of pyridine rings is 1. The van der Waals surface area contributed by atoms with Crippen molar-refractivity contribution in [1.29, 1.82) is 0 Å². The first-order chi connectivity index (χ1) is 11.1. The quantitative estimate of drug-likeness (QED) is 0.804. The summed E-state index contributed by atoms with van der Waals surface area (Å²) < 4.78 is 1.75. The normalized spacial score (nSPS) is 10.7. The van der Waals surface area contributed by atoms with E-state index in [0.29, 0.717) is 5.56 Å². The fourth-order valence-corrected chi connectivity index (χ4v) is 2.71. The molecule has 2 N–H and O–H groups in total. The van der Waals surface area contributed by atoms with E-state index in [1.807, 2.05) is 55.5 Å². The Hall–Kier alpha value is -2.65. The van der Waals surface area contributed by atoms with Crippen LogP contribution in [0.1, 0.15) is 16.7 Å². The van der Waals surface area contributed by atoms with Gasteiger partial charge in [0.1, 0.15) is 0 Å². The molecular formula is C20H20N2O. The molecule has 0 aliphatic heterocycles. The van der Waals surface area contributed by atoms with Crippen molar-refractivity contribution in [2.75, 3.05) is 0 Å². The molecule has 0 atom stereocenters. The van der Waals surface area contributed by atoms with Gasteiger partial charge in [0.2, 0.25) is 0 Å². The van der Waals surface area contributed by atoms with Gasteiger partial charge in [-0.2, -0.15) is 0 Å². The predicted molar refractivity (Wildman–Crippen MR) is 94.8 cm³/mol. The molecule has 3 nitrogen and oxygen atoms in total. The molecule has 116 valence electrons. The van der Waals surface area contributed by atoms with E-state index in [-0.39, 0.29) is 12.1 Å². The molecule has 0 aliphatic carbocycles. The van der Waals surface area contributed by atoms with Crippen LogP contribution >= 0.6 is 0 Å². The Balaban J connectivity index is 2.30. The number of hydrogen-bond acceptors (Lipinski definition) is 2. The smallest absolute Gasteiger partial charge is 0.260 e. The van der Waals surface area contributed by atoms with Crippen molar-refractivity contribution in [3.63, 3.8) is 0 Å². The number of hydrogen-bond donors (Lipinski definition) is 1. The minimum absolute atomic E-state index is 0.0591. The van der Waals surface area contributed by atoms with Gasteiger partial charge in [0.25, 0.3) is 5.56 Å². The van der Waals surface area contributed by atoms with Gasteiger partial charge in [-0.15, -0.1) is 0 Å². The van der Waals surface area contributed by atoms with E-state index in [4.69, 9.17) is 5.73 Å². The second kappa shape index (κ2) is 6.23. The first-order valence-corrected chi connectivity index (χ1v) is 7.69. The van der Waals surface area contributed by atoms with Crippen LogP contribution < -0.4 is 11.3 Å². The van der Waals surface area contributed by atoms with E-state index in [2.05, 4.69) is 19.1 Å². The molecule has 2 aromatic carbocycles. The lowest BCUT2D eigenvalue weighted by atomic mass is 10.1. The molecule has 0 fully saturated rings. The highest BCUT2D eigenvalue weighted by molar-refractivity contribution is 5.63. The van der Waals surface area contributed by atoms with Crippen molar-refractivity contribution < 1.29 is 0 Å². The maximum absolute atomic E-state index is 12.9. The van der Waals surface area contributed by atoms with Gasteiger partial charge in [0, 0.05) is 17.8 Å². The highest BCUT2D eigenvalue weighted by atomic mass is 16.1. The topological polar surface area (TPSA) is 48.0 Å². The van der Waals surface area contributed by atoms with E-state index in [1.54, 1.807) is 4.57 Å². The van der Waals surface area contributed by atoms with Crippen LogP contribution in [0, 0.1) is 13.8 Å². The third-order valence-electron chi connectivity index (χ3n) is 3.99. The molecular weight excluding hydrogens is 284 g/mol. The van der Waals surface area contributed by atoms with Crippen molar-refractivity contribution in [3.05, 3.63) is 87.7 Å². The molecule has 0 bridgehead atoms. The molecule has 0 amide bonds. The monoisotopic (exact) mass is 304 g/mol. The molecule has 1 aromatic heterocycles. The van der Waals surface area contributed by atoms with Gasteiger partial charge >= 0.3 is 0 Å². The Morgan fingerprint density at radius 1 is 0.913 bits per heavy atom. The van der Waals surface area contributed by atoms with Crippen molar-refractivity contribution in [2.24, 2.45) is 5.73 Å². The minimum Gasteiger partial charge on any atom is -0.326 e. The van der Waals surface area contributed by atoms with Crippen molar-refractivity contribution in [3.8, 4) is 16.9 Å². The van der Waals surface area contributed by atoms with Crippen molar-refractivity contribution in [1.82, 2.24) is 4.57 Å². The highest BCUT2D eigenvalue weighted by Crippen LogP contribution is 2.22. The van der Waals surface area contributed by atoms with Gasteiger partial charge in [-0.3, -0.25) is 9.36 Å². The number of aromatic nitrogens is 1. The van der Waals surface area contributed by atoms with Crippen LogP contribution in [0.4, 0.5) is 0 Å². The van der Waals surface area contributed by atoms with Crippen LogP contribution in [0.15, 0.2) is 65.5 Å². The number of aryl methyl sites for hydroxylation is 2. The zero-order valence-electron chi connectivity index (χ0n) is 13.4. The van der Waals surface area contributed by atoms with Gasteiger partial charge in [0.15, 0.2) is 0 Å². The number of nitrogens with two attached hydrogens (primary N) is 1. The van der Waals surface area contributed by atoms with Gasteiger partial charge in [-0.25, -0.2) is 0 Å². The van der Waals surface area contributed by atoms with Crippen molar-refractivity contribution >= 4 is 0 Å². The lowest BCUT2D eigenvalue weighted by Crippen LogP contribution is -2.25. The molecule has 0 radical (unpaired) electrons. The number of rotatable bonds is 3. The molecule has 1 heterocycles. The SMILES string of the molecule is Cc1ccc(-c2ccc(CN)c(=O)n2-c2cccc(C)c2)cc1. The maximum Gasteiger partial charge on any atom is 0.260 e. The molecule has 3 aromatic rings. The first-order valence-electron chi connectivity index (χ1n) is 7.69. The van der Waals surface area contributed by atoms with Gasteiger partial charge in [-0.05, 0) is 43.2 Å². The Morgan fingerprint density at radius 3 is 2.30 bits per heavy atom. The van der Waals surface area contributed by atoms with E-state index in [9.17, 15) is 4.79 Å². The highest BCUT2D eigenvalue weighted by Gasteiger charge is 2.11. The summed E-state index contributed by atoms with van der Waals surface area (Å²) in [6, 6.07) is 19.9. The standard InChI is InChI=1S/C20H20N2O/c1-14-6-8-16(9-7-14)19-11-10-17(13-21)20(23)22(19)18-5-3-4-15(2)12-18/h3-12H,13,21H2,1-2H3. The van der Waals surface area contributed by atoms with Crippen LogP contribution in [0.3, 0.4) is 0 Å². The average Bonchev–Trinajstić information content (AvgIpc) is 2.55. The Kier molecular flexibility index (Phi) is 4.13. The third kappa shape index (κ3) is 2.96. The van der Waals surface area contributed by atoms with Crippen LogP contribution in [0.25, 0.3) is 16.9 Å². The summed E-state index contributed by atoms with van der Waals surface area (Å²) in [5.41, 5.74) is 11.3. The van der Waals surface area contributed by atoms with Crippen LogP contribution in [-0.2, 0) is 6.54 Å². The number of nitrogens with zero attached hydrogens (tertiary/aromatic N) is 1. The van der Waals surface area contributed by atoms with Gasteiger partial charge in [-0.1, -0.05) is 48.0 Å². The average molecular weight is 304 g/mol. The van der Waals surface area contributed by atoms with Crippen LogP contribution in [-0.4, -0.2) is 4.57 Å². The largest absolute Gasteiger partial charge is 0.326 e. The zero-order valence-corrected chi connectivity index (χ0v) is 13.4. The summed E-state index contributed by atoms with van der Waals surface area (Å²) in [7, 11) is 0. The third-order valence-corrected chi connectivity index (χ3v) is 3.99. The first kappa shape index (κ1) is 15.3. The van der Waals surface area contributed by atoms with Crippen LogP contribution in [0.2, 0.25) is 0 Å². The minimum atomic E-state index is -0.0591. The Bertz CT molecular complexity index is 892. The zero-order chi connectivity index (χ0) is 16.4. The fourth-order valence-electron chi connectivity index (χ4n) is 2.71. The summed E-state index contributed by atoms with van der Waals surface area (Å²) in [5.74, 6) is 0. The summed E-state index contributed by atoms with van der Waals surface area (Å²) in [6.07, 6.45) is 0. The molecule has 0 saturated carbocycles. The van der Waals surface area contributed by atoms with Gasteiger partial charge in [0.05, 0.1) is 5.69 Å². The number of benzene rings is 2. The molecule has 3 heteroatoms. The molecule has 0 spiro atoms. The van der Waals surface area contributed by atoms with Crippen LogP contribution in [0.5, 0.6) is 0 Å². The maximum atomic E-state index is 12.9.